The normalized spacial score (nSPS) is 11.1. The van der Waals surface area contributed by atoms with Crippen molar-refractivity contribution in [3.63, 3.8) is 0 Å². The molecular weight excluding hydrogens is 234 g/mol. The average Bonchev–Trinajstić information content (AvgIpc) is 2.83. The number of furan rings is 1. The van der Waals surface area contributed by atoms with E-state index in [0.717, 1.165) is 0 Å². The number of hydrogen-bond donors (Lipinski definition) is 3. The molecule has 18 heavy (non-hydrogen) atoms. The molecule has 0 aliphatic carbocycles. The van der Waals surface area contributed by atoms with Crippen molar-refractivity contribution >= 4 is 11.8 Å². The van der Waals surface area contributed by atoms with Gasteiger partial charge in [0, 0.05) is 13.6 Å². The number of rotatable bonds is 5. The molecule has 0 unspecified atom stereocenters. The molecule has 0 aromatic carbocycles. The maximum Gasteiger partial charge on any atom is 0.287 e. The van der Waals surface area contributed by atoms with Crippen LogP contribution >= 0.6 is 0 Å². The highest BCUT2D eigenvalue weighted by Gasteiger charge is 2.27. The van der Waals surface area contributed by atoms with Gasteiger partial charge in [-0.05, 0) is 26.0 Å². The average molecular weight is 253 g/mol. The number of hydrogen-bond acceptors (Lipinski definition) is 4. The predicted octanol–water partition coefficient (Wildman–Crippen LogP) is 0.240. The van der Waals surface area contributed by atoms with E-state index in [-0.39, 0.29) is 30.7 Å². The predicted molar refractivity (Wildman–Crippen MR) is 66.8 cm³/mol. The first kappa shape index (κ1) is 14.2. The third-order valence-electron chi connectivity index (χ3n) is 2.62. The van der Waals surface area contributed by atoms with E-state index in [4.69, 9.17) is 10.2 Å². The summed E-state index contributed by atoms with van der Waals surface area (Å²) in [6.45, 7) is 3.97. The molecule has 6 nitrogen and oxygen atoms in total. The van der Waals surface area contributed by atoms with Crippen LogP contribution in [-0.4, -0.2) is 25.4 Å². The summed E-state index contributed by atoms with van der Waals surface area (Å²) in [7, 11) is 1.56. The van der Waals surface area contributed by atoms with Crippen molar-refractivity contribution in [1.82, 2.24) is 10.6 Å². The zero-order valence-electron chi connectivity index (χ0n) is 10.9. The molecule has 1 heterocycles. The number of amides is 2. The number of nitrogens with two attached hydrogens (primary N) is 1. The Bertz CT molecular complexity index is 438. The van der Waals surface area contributed by atoms with Gasteiger partial charge in [0.2, 0.25) is 5.91 Å². The molecule has 0 atom stereocenters. The molecule has 0 radical (unpaired) electrons. The lowest BCUT2D eigenvalue weighted by molar-refractivity contribution is -0.128. The Labute approximate surface area is 106 Å². The number of carbonyl (C=O) groups is 2. The molecule has 0 spiro atoms. The van der Waals surface area contributed by atoms with Gasteiger partial charge in [-0.3, -0.25) is 9.59 Å². The Hall–Kier alpha value is -1.82. The molecule has 0 aliphatic rings. The van der Waals surface area contributed by atoms with Gasteiger partial charge >= 0.3 is 0 Å². The number of carbonyl (C=O) groups excluding carboxylic acids is 2. The number of nitrogens with one attached hydrogen (secondary N) is 2. The third-order valence-corrected chi connectivity index (χ3v) is 2.62. The molecule has 1 aromatic rings. The van der Waals surface area contributed by atoms with Crippen LogP contribution in [0.5, 0.6) is 0 Å². The summed E-state index contributed by atoms with van der Waals surface area (Å²) in [6, 6.07) is 3.21. The van der Waals surface area contributed by atoms with Gasteiger partial charge in [0.25, 0.3) is 5.91 Å². The van der Waals surface area contributed by atoms with Crippen molar-refractivity contribution in [2.24, 2.45) is 11.1 Å². The van der Waals surface area contributed by atoms with Crippen LogP contribution in [0.1, 0.15) is 30.2 Å². The van der Waals surface area contributed by atoms with Gasteiger partial charge in [0.05, 0.1) is 12.0 Å². The van der Waals surface area contributed by atoms with Crippen LogP contribution in [-0.2, 0) is 11.3 Å². The smallest absolute Gasteiger partial charge is 0.287 e. The van der Waals surface area contributed by atoms with E-state index >= 15 is 0 Å². The third kappa shape index (κ3) is 3.33. The second kappa shape index (κ2) is 5.68. The minimum atomic E-state index is -0.673. The minimum Gasteiger partial charge on any atom is -0.455 e. The van der Waals surface area contributed by atoms with Crippen molar-refractivity contribution in [3.8, 4) is 0 Å². The zero-order valence-corrected chi connectivity index (χ0v) is 10.9. The summed E-state index contributed by atoms with van der Waals surface area (Å²) >= 11 is 0. The second-order valence-electron chi connectivity index (χ2n) is 4.62. The minimum absolute atomic E-state index is 0.134. The maximum absolute atomic E-state index is 11.8. The molecule has 2 amide bonds. The molecule has 0 saturated heterocycles. The first-order valence-corrected chi connectivity index (χ1v) is 5.70. The molecule has 0 aliphatic heterocycles. The molecule has 0 fully saturated rings. The monoisotopic (exact) mass is 253 g/mol. The lowest BCUT2D eigenvalue weighted by Crippen LogP contribution is -2.43. The Morgan fingerprint density at radius 2 is 2.06 bits per heavy atom. The van der Waals surface area contributed by atoms with E-state index in [1.807, 2.05) is 0 Å². The van der Waals surface area contributed by atoms with Crippen LogP contribution in [0.4, 0.5) is 0 Å². The van der Waals surface area contributed by atoms with Crippen LogP contribution in [0, 0.1) is 5.41 Å². The van der Waals surface area contributed by atoms with Gasteiger partial charge in [-0.1, -0.05) is 0 Å². The highest BCUT2D eigenvalue weighted by atomic mass is 16.4. The molecule has 6 heteroatoms. The van der Waals surface area contributed by atoms with E-state index in [0.29, 0.717) is 5.76 Å². The Morgan fingerprint density at radius 3 is 2.56 bits per heavy atom. The zero-order chi connectivity index (χ0) is 13.8. The van der Waals surface area contributed by atoms with Crippen molar-refractivity contribution in [3.05, 3.63) is 23.7 Å². The maximum atomic E-state index is 11.8. The van der Waals surface area contributed by atoms with E-state index in [2.05, 4.69) is 10.6 Å². The lowest BCUT2D eigenvalue weighted by atomic mass is 9.92. The molecule has 1 rings (SSSR count). The van der Waals surface area contributed by atoms with Crippen molar-refractivity contribution in [1.29, 1.82) is 0 Å². The van der Waals surface area contributed by atoms with E-state index in [1.54, 1.807) is 33.0 Å². The van der Waals surface area contributed by atoms with Gasteiger partial charge in [0.1, 0.15) is 5.76 Å². The molecule has 0 bridgehead atoms. The van der Waals surface area contributed by atoms with Crippen LogP contribution in [0.25, 0.3) is 0 Å². The molecule has 0 saturated carbocycles. The first-order chi connectivity index (χ1) is 8.40. The highest BCUT2D eigenvalue weighted by Crippen LogP contribution is 2.14. The summed E-state index contributed by atoms with van der Waals surface area (Å²) in [5.74, 6) is 0.255. The molecule has 4 N–H and O–H groups in total. The first-order valence-electron chi connectivity index (χ1n) is 5.70. The van der Waals surface area contributed by atoms with Crippen LogP contribution in [0.2, 0.25) is 0 Å². The molecule has 1 aromatic heterocycles. The molecule has 100 valence electrons. The summed E-state index contributed by atoms with van der Waals surface area (Å²) in [5.41, 5.74) is 4.71. The van der Waals surface area contributed by atoms with Crippen molar-refractivity contribution < 1.29 is 14.0 Å². The topological polar surface area (TPSA) is 97.4 Å². The quantitative estimate of drug-likeness (QED) is 0.700. The lowest BCUT2D eigenvalue weighted by Gasteiger charge is -2.22. The Morgan fingerprint density at radius 1 is 1.39 bits per heavy atom. The second-order valence-corrected chi connectivity index (χ2v) is 4.62. The van der Waals surface area contributed by atoms with Crippen molar-refractivity contribution in [2.45, 2.75) is 20.4 Å². The SMILES string of the molecule is CNC(=O)C(C)(C)CNC(=O)c1ccc(CN)o1. The fraction of sp³-hybridized carbons (Fsp3) is 0.500. The summed E-state index contributed by atoms with van der Waals surface area (Å²) in [6.07, 6.45) is 0. The van der Waals surface area contributed by atoms with Crippen molar-refractivity contribution in [2.75, 3.05) is 13.6 Å². The van der Waals surface area contributed by atoms with E-state index in [9.17, 15) is 9.59 Å². The van der Waals surface area contributed by atoms with Gasteiger partial charge in [0.15, 0.2) is 5.76 Å². The molecular formula is C12H19N3O3. The Balaban J connectivity index is 2.58. The van der Waals surface area contributed by atoms with Crippen LogP contribution < -0.4 is 16.4 Å². The fourth-order valence-electron chi connectivity index (χ4n) is 1.42. The largest absolute Gasteiger partial charge is 0.455 e. The van der Waals surface area contributed by atoms with Gasteiger partial charge in [-0.2, -0.15) is 0 Å². The summed E-state index contributed by atoms with van der Waals surface area (Å²) in [5, 5.41) is 5.21. The van der Waals surface area contributed by atoms with Crippen LogP contribution in [0.15, 0.2) is 16.5 Å². The van der Waals surface area contributed by atoms with Gasteiger partial charge in [-0.25, -0.2) is 0 Å². The summed E-state index contributed by atoms with van der Waals surface area (Å²) < 4.78 is 5.21. The van der Waals surface area contributed by atoms with Gasteiger partial charge < -0.3 is 20.8 Å². The van der Waals surface area contributed by atoms with Gasteiger partial charge in [-0.15, -0.1) is 0 Å². The fourth-order valence-corrected chi connectivity index (χ4v) is 1.42. The van der Waals surface area contributed by atoms with Crippen LogP contribution in [0.3, 0.4) is 0 Å². The Kier molecular flexibility index (Phi) is 4.49. The standard InChI is InChI=1S/C12H19N3O3/c1-12(2,11(17)14-3)7-15-10(16)9-5-4-8(6-13)18-9/h4-5H,6-7,13H2,1-3H3,(H,14,17)(H,15,16). The van der Waals surface area contributed by atoms with E-state index < -0.39 is 5.41 Å². The summed E-state index contributed by atoms with van der Waals surface area (Å²) in [4.78, 5) is 23.3. The van der Waals surface area contributed by atoms with E-state index in [1.165, 1.54) is 0 Å². The highest BCUT2D eigenvalue weighted by molar-refractivity contribution is 5.92.